The summed E-state index contributed by atoms with van der Waals surface area (Å²) in [6.45, 7) is 7.96. The molecule has 3 rings (SSSR count). The lowest BCUT2D eigenvalue weighted by atomic mass is 9.96. The third-order valence-corrected chi connectivity index (χ3v) is 5.89. The van der Waals surface area contributed by atoms with E-state index in [1.807, 2.05) is 76.2 Å². The van der Waals surface area contributed by atoms with E-state index in [4.69, 9.17) is 0 Å². The van der Waals surface area contributed by atoms with E-state index >= 15 is 0 Å². The lowest BCUT2D eigenvalue weighted by Gasteiger charge is -2.32. The molecule has 0 saturated heterocycles. The molecule has 2 aromatic carbocycles. The van der Waals surface area contributed by atoms with Gasteiger partial charge >= 0.3 is 5.97 Å². The van der Waals surface area contributed by atoms with Crippen molar-refractivity contribution in [2.45, 2.75) is 53.1 Å². The van der Waals surface area contributed by atoms with Crippen molar-refractivity contribution < 1.29 is 14.7 Å². The molecule has 0 fully saturated rings. The number of rotatable bonds is 10. The molecule has 2 atom stereocenters. The van der Waals surface area contributed by atoms with E-state index in [-0.39, 0.29) is 24.3 Å². The van der Waals surface area contributed by atoms with Crippen LogP contribution < -0.4 is 0 Å². The molecule has 0 spiro atoms. The number of hydrogen-bond donors (Lipinski definition) is 2. The first-order chi connectivity index (χ1) is 15.8. The van der Waals surface area contributed by atoms with E-state index in [9.17, 15) is 14.7 Å². The van der Waals surface area contributed by atoms with Gasteiger partial charge in [-0.25, -0.2) is 4.79 Å². The minimum Gasteiger partial charge on any atom is -0.480 e. The number of nitrogens with zero attached hydrogens (tertiary/aromatic N) is 4. The van der Waals surface area contributed by atoms with E-state index in [0.29, 0.717) is 12.2 Å². The van der Waals surface area contributed by atoms with Crippen molar-refractivity contribution in [3.8, 4) is 22.5 Å². The molecule has 174 valence electrons. The average molecular weight is 450 g/mol. The minimum atomic E-state index is -0.979. The molecule has 0 saturated carbocycles. The standard InChI is InChI=1S/C25H31N5O3/c1-5-17(4)14-22(31)30(23(16(2)3)25(32)33)15-18-10-12-19(13-11-18)20-8-6-7-9-21(20)24-26-28-29-27-24/h6-13,16-17,23H,5,14-15H2,1-4H3,(H,32,33)(H,26,27,28,29)/t17?,23-/m0/s1. The first kappa shape index (κ1) is 24.1. The predicted molar refractivity (Wildman–Crippen MR) is 126 cm³/mol. The van der Waals surface area contributed by atoms with Crippen LogP contribution in [0.3, 0.4) is 0 Å². The predicted octanol–water partition coefficient (Wildman–Crippen LogP) is 4.41. The number of carbonyl (C=O) groups is 2. The zero-order valence-corrected chi connectivity index (χ0v) is 19.5. The topological polar surface area (TPSA) is 112 Å². The van der Waals surface area contributed by atoms with Crippen LogP contribution in [0, 0.1) is 11.8 Å². The Kier molecular flexibility index (Phi) is 7.92. The Bertz CT molecular complexity index is 1060. The number of benzene rings is 2. The highest BCUT2D eigenvalue weighted by molar-refractivity contribution is 5.84. The van der Waals surface area contributed by atoms with Crippen LogP contribution in [0.2, 0.25) is 0 Å². The number of carbonyl (C=O) groups excluding carboxylic acids is 1. The van der Waals surface area contributed by atoms with Gasteiger partial charge in [-0.1, -0.05) is 82.6 Å². The van der Waals surface area contributed by atoms with E-state index in [2.05, 4.69) is 20.6 Å². The number of hydrogen-bond acceptors (Lipinski definition) is 5. The molecule has 2 N–H and O–H groups in total. The molecule has 0 aliphatic heterocycles. The molecule has 8 heteroatoms. The second-order valence-corrected chi connectivity index (χ2v) is 8.74. The van der Waals surface area contributed by atoms with Crippen molar-refractivity contribution in [1.29, 1.82) is 0 Å². The highest BCUT2D eigenvalue weighted by Crippen LogP contribution is 2.30. The molecule has 0 radical (unpaired) electrons. The molecule has 1 unspecified atom stereocenters. The molecule has 1 aromatic heterocycles. The quantitative estimate of drug-likeness (QED) is 0.474. The van der Waals surface area contributed by atoms with E-state index < -0.39 is 12.0 Å². The van der Waals surface area contributed by atoms with Crippen LogP contribution >= 0.6 is 0 Å². The minimum absolute atomic E-state index is 0.128. The van der Waals surface area contributed by atoms with Crippen molar-refractivity contribution in [2.24, 2.45) is 11.8 Å². The SMILES string of the molecule is CCC(C)CC(=O)N(Cc1ccc(-c2ccccc2-c2nn[nH]n2)cc1)[C@H](C(=O)O)C(C)C. The molecule has 3 aromatic rings. The molecule has 33 heavy (non-hydrogen) atoms. The largest absolute Gasteiger partial charge is 0.480 e. The summed E-state index contributed by atoms with van der Waals surface area (Å²) in [5.74, 6) is -0.599. The van der Waals surface area contributed by atoms with Crippen LogP contribution in [-0.4, -0.2) is 48.5 Å². The molecular formula is C25H31N5O3. The molecular weight excluding hydrogens is 418 g/mol. The molecule has 8 nitrogen and oxygen atoms in total. The third kappa shape index (κ3) is 5.83. The van der Waals surface area contributed by atoms with Gasteiger partial charge < -0.3 is 10.0 Å². The first-order valence-corrected chi connectivity index (χ1v) is 11.3. The highest BCUT2D eigenvalue weighted by atomic mass is 16.4. The van der Waals surface area contributed by atoms with E-state index in [1.165, 1.54) is 4.90 Å². The smallest absolute Gasteiger partial charge is 0.326 e. The molecule has 0 aliphatic rings. The number of aliphatic carboxylic acids is 1. The fourth-order valence-electron chi connectivity index (χ4n) is 3.87. The molecule has 0 bridgehead atoms. The number of aromatic amines is 1. The second kappa shape index (κ2) is 10.8. The maximum absolute atomic E-state index is 13.1. The number of tetrazole rings is 1. The second-order valence-electron chi connectivity index (χ2n) is 8.74. The van der Waals surface area contributed by atoms with Crippen LogP contribution in [0.25, 0.3) is 22.5 Å². The van der Waals surface area contributed by atoms with Gasteiger partial charge in [-0.3, -0.25) is 4.79 Å². The zero-order valence-electron chi connectivity index (χ0n) is 19.5. The molecule has 1 heterocycles. The van der Waals surface area contributed by atoms with Gasteiger partial charge in [-0.05, 0) is 33.7 Å². The summed E-state index contributed by atoms with van der Waals surface area (Å²) in [5, 5.41) is 24.1. The summed E-state index contributed by atoms with van der Waals surface area (Å²) >= 11 is 0. The number of aromatic nitrogens is 4. The summed E-state index contributed by atoms with van der Waals surface area (Å²) in [6.07, 6.45) is 1.20. The Balaban J connectivity index is 1.88. The van der Waals surface area contributed by atoms with Gasteiger partial charge in [0, 0.05) is 18.5 Å². The van der Waals surface area contributed by atoms with Gasteiger partial charge in [0.15, 0.2) is 0 Å². The highest BCUT2D eigenvalue weighted by Gasteiger charge is 2.32. The number of nitrogens with one attached hydrogen (secondary N) is 1. The van der Waals surface area contributed by atoms with Crippen molar-refractivity contribution in [3.05, 3.63) is 54.1 Å². The van der Waals surface area contributed by atoms with Crippen molar-refractivity contribution in [2.75, 3.05) is 0 Å². The number of H-pyrrole nitrogens is 1. The summed E-state index contributed by atoms with van der Waals surface area (Å²) in [6, 6.07) is 14.7. The van der Waals surface area contributed by atoms with Gasteiger partial charge in [0.1, 0.15) is 6.04 Å². The normalized spacial score (nSPS) is 13.0. The maximum Gasteiger partial charge on any atom is 0.326 e. The monoisotopic (exact) mass is 449 g/mol. The van der Waals surface area contributed by atoms with E-state index in [0.717, 1.165) is 28.7 Å². The van der Waals surface area contributed by atoms with E-state index in [1.54, 1.807) is 0 Å². The average Bonchev–Trinajstić information content (AvgIpc) is 3.33. The fourth-order valence-corrected chi connectivity index (χ4v) is 3.87. The lowest BCUT2D eigenvalue weighted by molar-refractivity contribution is -0.153. The van der Waals surface area contributed by atoms with Crippen molar-refractivity contribution >= 4 is 11.9 Å². The number of carboxylic acid groups (broad SMARTS) is 1. The summed E-state index contributed by atoms with van der Waals surface area (Å²) in [7, 11) is 0. The van der Waals surface area contributed by atoms with Gasteiger partial charge in [-0.2, -0.15) is 5.21 Å². The summed E-state index contributed by atoms with van der Waals surface area (Å²) in [5.41, 5.74) is 3.66. The Morgan fingerprint density at radius 2 is 1.70 bits per heavy atom. The molecule has 1 amide bonds. The van der Waals surface area contributed by atoms with Gasteiger partial charge in [0.25, 0.3) is 0 Å². The Hall–Kier alpha value is -3.55. The fraction of sp³-hybridized carbons (Fsp3) is 0.400. The maximum atomic E-state index is 13.1. The Morgan fingerprint density at radius 1 is 1.03 bits per heavy atom. The van der Waals surface area contributed by atoms with Crippen LogP contribution in [0.4, 0.5) is 0 Å². The van der Waals surface area contributed by atoms with Crippen LogP contribution in [0.15, 0.2) is 48.5 Å². The van der Waals surface area contributed by atoms with Crippen molar-refractivity contribution in [1.82, 2.24) is 25.5 Å². The Morgan fingerprint density at radius 3 is 2.24 bits per heavy atom. The van der Waals surface area contributed by atoms with Crippen LogP contribution in [-0.2, 0) is 16.1 Å². The number of amides is 1. The summed E-state index contributed by atoms with van der Waals surface area (Å²) in [4.78, 5) is 26.6. The van der Waals surface area contributed by atoms with Gasteiger partial charge in [0.05, 0.1) is 0 Å². The van der Waals surface area contributed by atoms with Crippen molar-refractivity contribution in [3.63, 3.8) is 0 Å². The lowest BCUT2D eigenvalue weighted by Crippen LogP contribution is -2.48. The zero-order chi connectivity index (χ0) is 24.0. The number of carboxylic acids is 1. The van der Waals surface area contributed by atoms with Gasteiger partial charge in [0.2, 0.25) is 11.7 Å². The first-order valence-electron chi connectivity index (χ1n) is 11.3. The van der Waals surface area contributed by atoms with Gasteiger partial charge in [-0.15, -0.1) is 10.2 Å². The summed E-state index contributed by atoms with van der Waals surface area (Å²) < 4.78 is 0. The Labute approximate surface area is 194 Å². The van der Waals surface area contributed by atoms with Crippen LogP contribution in [0.5, 0.6) is 0 Å². The van der Waals surface area contributed by atoms with Crippen LogP contribution in [0.1, 0.15) is 46.1 Å². The third-order valence-electron chi connectivity index (χ3n) is 5.89. The molecule has 0 aliphatic carbocycles.